The molecule has 1 saturated carbocycles. The number of nitrogens with one attached hydrogen (secondary N) is 1. The van der Waals surface area contributed by atoms with E-state index in [-0.39, 0.29) is 17.4 Å². The third-order valence-corrected chi connectivity index (χ3v) is 7.83. The SMILES string of the molecule is [C-]#[N+]c1ccc(-c2cc(NC[C@H]3CCC[C@H](N)C3)nn2-c2ccc(N3CCC(C)(O)CC3)cc2F)cc1F. The van der Waals surface area contributed by atoms with E-state index >= 15 is 4.39 Å². The van der Waals surface area contributed by atoms with Crippen molar-refractivity contribution in [2.24, 2.45) is 11.7 Å². The Morgan fingerprint density at radius 3 is 2.61 bits per heavy atom. The lowest BCUT2D eigenvalue weighted by atomic mass is 9.86. The average molecular weight is 521 g/mol. The Hall–Kier alpha value is -3.48. The van der Waals surface area contributed by atoms with E-state index in [1.807, 2.05) is 13.0 Å². The van der Waals surface area contributed by atoms with Crippen LogP contribution in [0, 0.1) is 24.1 Å². The summed E-state index contributed by atoms with van der Waals surface area (Å²) >= 11 is 0. The third kappa shape index (κ3) is 5.66. The topological polar surface area (TPSA) is 83.7 Å². The first-order valence-electron chi connectivity index (χ1n) is 13.3. The Bertz CT molecular complexity index is 1340. The first kappa shape index (κ1) is 26.1. The molecule has 1 aliphatic carbocycles. The van der Waals surface area contributed by atoms with E-state index in [1.54, 1.807) is 18.2 Å². The van der Waals surface area contributed by atoms with Crippen molar-refractivity contribution in [3.8, 4) is 16.9 Å². The predicted octanol–water partition coefficient (Wildman–Crippen LogP) is 5.65. The second-order valence-corrected chi connectivity index (χ2v) is 10.9. The Morgan fingerprint density at radius 1 is 1.13 bits per heavy atom. The molecule has 2 heterocycles. The number of hydrogen-bond donors (Lipinski definition) is 3. The van der Waals surface area contributed by atoms with Crippen molar-refractivity contribution in [3.63, 3.8) is 0 Å². The zero-order valence-electron chi connectivity index (χ0n) is 21.6. The van der Waals surface area contributed by atoms with Crippen LogP contribution in [-0.4, -0.2) is 46.2 Å². The van der Waals surface area contributed by atoms with Gasteiger partial charge in [-0.05, 0) is 69.2 Å². The summed E-state index contributed by atoms with van der Waals surface area (Å²) in [4.78, 5) is 5.27. The maximum atomic E-state index is 15.6. The van der Waals surface area contributed by atoms with Gasteiger partial charge in [0.05, 0.1) is 17.9 Å². The molecule has 1 saturated heterocycles. The monoisotopic (exact) mass is 520 g/mol. The summed E-state index contributed by atoms with van der Waals surface area (Å²) in [5.41, 5.74) is 7.39. The molecule has 7 nitrogen and oxygen atoms in total. The minimum Gasteiger partial charge on any atom is -0.390 e. The molecule has 5 rings (SSSR count). The van der Waals surface area contributed by atoms with Crippen LogP contribution in [0.3, 0.4) is 0 Å². The molecule has 0 spiro atoms. The van der Waals surface area contributed by atoms with E-state index in [0.29, 0.717) is 55.5 Å². The van der Waals surface area contributed by atoms with Gasteiger partial charge < -0.3 is 21.1 Å². The first-order chi connectivity index (χ1) is 18.2. The van der Waals surface area contributed by atoms with Crippen LogP contribution in [0.15, 0.2) is 42.5 Å². The number of piperidine rings is 1. The van der Waals surface area contributed by atoms with Crippen LogP contribution in [0.2, 0.25) is 0 Å². The number of aliphatic hydroxyl groups is 1. The number of anilines is 2. The molecular weight excluding hydrogens is 486 g/mol. The van der Waals surface area contributed by atoms with Crippen molar-refractivity contribution in [1.29, 1.82) is 0 Å². The summed E-state index contributed by atoms with van der Waals surface area (Å²) in [6.45, 7) is 11.0. The number of aromatic nitrogens is 2. The Morgan fingerprint density at radius 2 is 1.92 bits per heavy atom. The molecule has 4 N–H and O–H groups in total. The van der Waals surface area contributed by atoms with Gasteiger partial charge in [0.25, 0.3) is 0 Å². The molecular formula is C29H34F2N6O. The number of nitrogens with two attached hydrogens (primary N) is 1. The van der Waals surface area contributed by atoms with Gasteiger partial charge in [-0.3, -0.25) is 0 Å². The van der Waals surface area contributed by atoms with Gasteiger partial charge in [-0.25, -0.2) is 18.3 Å². The lowest BCUT2D eigenvalue weighted by molar-refractivity contribution is 0.0351. The van der Waals surface area contributed by atoms with Crippen LogP contribution < -0.4 is 16.0 Å². The van der Waals surface area contributed by atoms with Crippen LogP contribution in [0.1, 0.15) is 45.4 Å². The standard InChI is InChI=1S/C29H34F2N6O/c1-29(38)10-12-36(13-11-29)22-7-9-26(24(31)16-22)37-27(20-6-8-25(33-2)23(30)15-20)17-28(35-37)34-18-19-4-3-5-21(32)14-19/h6-9,15-17,19,21,38H,3-5,10-14,18,32H2,1H3,(H,34,35)/t19-,21-/m0/s1. The number of rotatable bonds is 6. The fourth-order valence-electron chi connectivity index (χ4n) is 5.49. The smallest absolute Gasteiger partial charge is 0.222 e. The summed E-state index contributed by atoms with van der Waals surface area (Å²) in [5, 5.41) is 18.3. The first-order valence-corrected chi connectivity index (χ1v) is 13.3. The molecule has 1 aliphatic heterocycles. The average Bonchev–Trinajstić information content (AvgIpc) is 3.31. The second-order valence-electron chi connectivity index (χ2n) is 10.9. The molecule has 2 aliphatic rings. The molecule has 0 unspecified atom stereocenters. The normalized spacial score (nSPS) is 21.2. The van der Waals surface area contributed by atoms with E-state index in [2.05, 4.69) is 20.2 Å². The van der Waals surface area contributed by atoms with Crippen molar-refractivity contribution in [1.82, 2.24) is 9.78 Å². The molecule has 0 radical (unpaired) electrons. The minimum absolute atomic E-state index is 0.0668. The quantitative estimate of drug-likeness (QED) is 0.366. The molecule has 2 atom stereocenters. The number of nitrogens with zero attached hydrogens (tertiary/aromatic N) is 4. The van der Waals surface area contributed by atoms with Crippen molar-refractivity contribution in [2.45, 2.75) is 57.1 Å². The molecule has 38 heavy (non-hydrogen) atoms. The maximum Gasteiger partial charge on any atom is 0.222 e. The lowest BCUT2D eigenvalue weighted by Crippen LogP contribution is -2.42. The van der Waals surface area contributed by atoms with E-state index in [0.717, 1.165) is 31.4 Å². The minimum atomic E-state index is -0.691. The zero-order valence-corrected chi connectivity index (χ0v) is 21.6. The van der Waals surface area contributed by atoms with Gasteiger partial charge in [-0.1, -0.05) is 18.6 Å². The van der Waals surface area contributed by atoms with Gasteiger partial charge in [-0.15, -0.1) is 5.10 Å². The van der Waals surface area contributed by atoms with Crippen LogP contribution in [-0.2, 0) is 0 Å². The van der Waals surface area contributed by atoms with Crippen LogP contribution in [0.4, 0.5) is 26.0 Å². The lowest BCUT2D eigenvalue weighted by Gasteiger charge is -2.37. The number of hydrogen-bond acceptors (Lipinski definition) is 5. The summed E-state index contributed by atoms with van der Waals surface area (Å²) in [6.07, 6.45) is 5.43. The highest BCUT2D eigenvalue weighted by Crippen LogP contribution is 2.33. The zero-order chi connectivity index (χ0) is 26.9. The molecule has 9 heteroatoms. The third-order valence-electron chi connectivity index (χ3n) is 7.83. The van der Waals surface area contributed by atoms with E-state index in [9.17, 15) is 9.50 Å². The highest BCUT2D eigenvalue weighted by atomic mass is 19.1. The van der Waals surface area contributed by atoms with Crippen molar-refractivity contribution in [2.75, 3.05) is 29.9 Å². The van der Waals surface area contributed by atoms with Gasteiger partial charge in [0.15, 0.2) is 5.82 Å². The molecule has 3 aromatic rings. The molecule has 0 bridgehead atoms. The molecule has 2 fully saturated rings. The Labute approximate surface area is 222 Å². The molecule has 2 aromatic carbocycles. The number of halogens is 2. The largest absolute Gasteiger partial charge is 0.390 e. The van der Waals surface area contributed by atoms with Crippen LogP contribution in [0.25, 0.3) is 21.8 Å². The van der Waals surface area contributed by atoms with Crippen molar-refractivity contribution < 1.29 is 13.9 Å². The second kappa shape index (κ2) is 10.7. The van der Waals surface area contributed by atoms with E-state index < -0.39 is 17.2 Å². The van der Waals surface area contributed by atoms with Gasteiger partial charge in [0, 0.05) is 43.0 Å². The van der Waals surface area contributed by atoms with Gasteiger partial charge in [-0.2, -0.15) is 0 Å². The van der Waals surface area contributed by atoms with E-state index in [4.69, 9.17) is 12.3 Å². The molecule has 1 aromatic heterocycles. The number of benzene rings is 2. The molecule has 200 valence electrons. The fourth-order valence-corrected chi connectivity index (χ4v) is 5.49. The highest BCUT2D eigenvalue weighted by molar-refractivity contribution is 5.69. The Kier molecular flexibility index (Phi) is 7.37. The summed E-state index contributed by atoms with van der Waals surface area (Å²) in [7, 11) is 0. The summed E-state index contributed by atoms with van der Waals surface area (Å²) in [6, 6.07) is 11.4. The summed E-state index contributed by atoms with van der Waals surface area (Å²) < 4.78 is 31.6. The Balaban J connectivity index is 1.45. The summed E-state index contributed by atoms with van der Waals surface area (Å²) in [5.74, 6) is -0.0837. The van der Waals surface area contributed by atoms with Gasteiger partial charge >= 0.3 is 0 Å². The van der Waals surface area contributed by atoms with Crippen molar-refractivity contribution in [3.05, 3.63) is 65.5 Å². The van der Waals surface area contributed by atoms with Crippen LogP contribution >= 0.6 is 0 Å². The van der Waals surface area contributed by atoms with Crippen molar-refractivity contribution >= 4 is 17.2 Å². The predicted molar refractivity (Wildman–Crippen MR) is 146 cm³/mol. The highest BCUT2D eigenvalue weighted by Gasteiger charge is 2.28. The van der Waals surface area contributed by atoms with E-state index in [1.165, 1.54) is 22.9 Å². The van der Waals surface area contributed by atoms with Gasteiger partial charge in [0.2, 0.25) is 5.69 Å². The maximum absolute atomic E-state index is 15.6. The fraction of sp³-hybridized carbons (Fsp3) is 0.448. The van der Waals surface area contributed by atoms with Crippen LogP contribution in [0.5, 0.6) is 0 Å². The molecule has 0 amide bonds. The van der Waals surface area contributed by atoms with Gasteiger partial charge in [0.1, 0.15) is 17.3 Å².